The zero-order valence-corrected chi connectivity index (χ0v) is 8.05. The van der Waals surface area contributed by atoms with E-state index in [1.165, 1.54) is 5.56 Å². The van der Waals surface area contributed by atoms with E-state index in [9.17, 15) is 0 Å². The largest absolute Gasteiger partial charge is 0.469 e. The van der Waals surface area contributed by atoms with E-state index >= 15 is 0 Å². The van der Waals surface area contributed by atoms with E-state index < -0.39 is 0 Å². The molecule has 1 heterocycles. The van der Waals surface area contributed by atoms with Crippen molar-refractivity contribution < 1.29 is 4.42 Å². The third-order valence-corrected chi connectivity index (χ3v) is 2.19. The van der Waals surface area contributed by atoms with Crippen LogP contribution in [-0.4, -0.2) is 6.54 Å². The zero-order chi connectivity index (χ0) is 9.19. The fourth-order valence-electron chi connectivity index (χ4n) is 1.18. The van der Waals surface area contributed by atoms with Crippen molar-refractivity contribution in [2.75, 3.05) is 6.54 Å². The summed E-state index contributed by atoms with van der Waals surface area (Å²) in [6.45, 7) is 7.03. The molecule has 0 unspecified atom stereocenters. The minimum atomic E-state index is 0.175. The van der Waals surface area contributed by atoms with Crippen molar-refractivity contribution in [3.05, 3.63) is 23.7 Å². The van der Waals surface area contributed by atoms with Gasteiger partial charge in [0.2, 0.25) is 0 Å². The Morgan fingerprint density at radius 1 is 1.50 bits per heavy atom. The van der Waals surface area contributed by atoms with Crippen molar-refractivity contribution in [3.8, 4) is 0 Å². The molecule has 0 aliphatic rings. The van der Waals surface area contributed by atoms with E-state index in [-0.39, 0.29) is 5.41 Å². The number of nitrogens with two attached hydrogens (primary N) is 1. The van der Waals surface area contributed by atoms with Crippen molar-refractivity contribution >= 4 is 0 Å². The molecule has 12 heavy (non-hydrogen) atoms. The van der Waals surface area contributed by atoms with Gasteiger partial charge < -0.3 is 10.2 Å². The van der Waals surface area contributed by atoms with E-state index in [0.717, 1.165) is 12.2 Å². The summed E-state index contributed by atoms with van der Waals surface area (Å²) >= 11 is 0. The molecule has 0 saturated carbocycles. The van der Waals surface area contributed by atoms with Gasteiger partial charge in [-0.2, -0.15) is 0 Å². The summed E-state index contributed by atoms with van der Waals surface area (Å²) < 4.78 is 5.21. The number of rotatable bonds is 3. The first-order chi connectivity index (χ1) is 5.55. The van der Waals surface area contributed by atoms with E-state index in [2.05, 4.69) is 13.8 Å². The molecule has 0 aliphatic heterocycles. The van der Waals surface area contributed by atoms with Crippen LogP contribution in [0.15, 0.2) is 16.7 Å². The molecule has 2 N–H and O–H groups in total. The maximum Gasteiger partial charge on any atom is 0.103 e. The van der Waals surface area contributed by atoms with Crippen LogP contribution in [0.25, 0.3) is 0 Å². The van der Waals surface area contributed by atoms with Crippen LogP contribution in [-0.2, 0) is 6.42 Å². The van der Waals surface area contributed by atoms with Crippen LogP contribution in [0, 0.1) is 12.3 Å². The SMILES string of the molecule is Cc1occc1CC(C)(C)CN. The molecule has 2 nitrogen and oxygen atoms in total. The molecule has 0 aliphatic carbocycles. The monoisotopic (exact) mass is 167 g/mol. The van der Waals surface area contributed by atoms with Crippen LogP contribution in [0.5, 0.6) is 0 Å². The van der Waals surface area contributed by atoms with Crippen LogP contribution in [0.4, 0.5) is 0 Å². The van der Waals surface area contributed by atoms with Crippen LogP contribution >= 0.6 is 0 Å². The Morgan fingerprint density at radius 2 is 2.17 bits per heavy atom. The van der Waals surface area contributed by atoms with Gasteiger partial charge in [0, 0.05) is 0 Å². The highest BCUT2D eigenvalue weighted by Crippen LogP contribution is 2.22. The summed E-state index contributed by atoms with van der Waals surface area (Å²) in [6, 6.07) is 2.02. The lowest BCUT2D eigenvalue weighted by Gasteiger charge is -2.21. The highest BCUT2D eigenvalue weighted by Gasteiger charge is 2.17. The van der Waals surface area contributed by atoms with Gasteiger partial charge in [-0.15, -0.1) is 0 Å². The van der Waals surface area contributed by atoms with Gasteiger partial charge >= 0.3 is 0 Å². The third-order valence-electron chi connectivity index (χ3n) is 2.19. The summed E-state index contributed by atoms with van der Waals surface area (Å²) in [5.74, 6) is 1.01. The molecule has 0 radical (unpaired) electrons. The molecule has 1 aromatic rings. The Bertz CT molecular complexity index is 250. The van der Waals surface area contributed by atoms with Gasteiger partial charge in [-0.05, 0) is 36.9 Å². The van der Waals surface area contributed by atoms with Crippen molar-refractivity contribution in [1.29, 1.82) is 0 Å². The highest BCUT2D eigenvalue weighted by atomic mass is 16.3. The molecule has 0 aromatic carbocycles. The Morgan fingerprint density at radius 3 is 2.58 bits per heavy atom. The Labute approximate surface area is 73.8 Å². The van der Waals surface area contributed by atoms with E-state index in [1.54, 1.807) is 6.26 Å². The Balaban J connectivity index is 2.70. The van der Waals surface area contributed by atoms with Crippen molar-refractivity contribution in [2.24, 2.45) is 11.1 Å². The van der Waals surface area contributed by atoms with Crippen molar-refractivity contribution in [3.63, 3.8) is 0 Å². The lowest BCUT2D eigenvalue weighted by atomic mass is 9.86. The van der Waals surface area contributed by atoms with Gasteiger partial charge in [0.05, 0.1) is 6.26 Å². The molecular formula is C10H17NO. The first-order valence-electron chi connectivity index (χ1n) is 4.28. The molecule has 1 aromatic heterocycles. The average Bonchev–Trinajstić information content (AvgIpc) is 2.36. The smallest absolute Gasteiger partial charge is 0.103 e. The predicted molar refractivity (Wildman–Crippen MR) is 50.0 cm³/mol. The Kier molecular flexibility index (Phi) is 2.58. The zero-order valence-electron chi connectivity index (χ0n) is 8.05. The lowest BCUT2D eigenvalue weighted by Crippen LogP contribution is -2.25. The molecule has 68 valence electrons. The molecule has 0 bridgehead atoms. The van der Waals surface area contributed by atoms with E-state index in [4.69, 9.17) is 10.2 Å². The lowest BCUT2D eigenvalue weighted by molar-refractivity contribution is 0.373. The van der Waals surface area contributed by atoms with Gasteiger partial charge in [0.15, 0.2) is 0 Å². The van der Waals surface area contributed by atoms with Gasteiger partial charge in [-0.1, -0.05) is 13.8 Å². The molecule has 0 amide bonds. The summed E-state index contributed by atoms with van der Waals surface area (Å²) in [7, 11) is 0. The van der Waals surface area contributed by atoms with Crippen molar-refractivity contribution in [2.45, 2.75) is 27.2 Å². The van der Waals surface area contributed by atoms with E-state index in [0.29, 0.717) is 6.54 Å². The predicted octanol–water partition coefficient (Wildman–Crippen LogP) is 2.12. The third kappa shape index (κ3) is 2.11. The second kappa shape index (κ2) is 3.31. The van der Waals surface area contributed by atoms with Crippen LogP contribution in [0.2, 0.25) is 0 Å². The molecule has 1 rings (SSSR count). The first kappa shape index (κ1) is 9.33. The van der Waals surface area contributed by atoms with E-state index in [1.807, 2.05) is 13.0 Å². The number of hydrogen-bond acceptors (Lipinski definition) is 2. The molecule has 0 atom stereocenters. The fourth-order valence-corrected chi connectivity index (χ4v) is 1.18. The van der Waals surface area contributed by atoms with Crippen LogP contribution in [0.3, 0.4) is 0 Å². The summed E-state index contributed by atoms with van der Waals surface area (Å²) in [6.07, 6.45) is 2.73. The van der Waals surface area contributed by atoms with Crippen LogP contribution < -0.4 is 5.73 Å². The number of hydrogen-bond donors (Lipinski definition) is 1. The molecule has 0 saturated heterocycles. The minimum Gasteiger partial charge on any atom is -0.469 e. The Hall–Kier alpha value is -0.760. The molecule has 2 heteroatoms. The highest BCUT2D eigenvalue weighted by molar-refractivity contribution is 5.17. The van der Waals surface area contributed by atoms with Gasteiger partial charge in [-0.25, -0.2) is 0 Å². The number of furan rings is 1. The molecule has 0 spiro atoms. The minimum absolute atomic E-state index is 0.175. The average molecular weight is 167 g/mol. The van der Waals surface area contributed by atoms with Gasteiger partial charge in [0.25, 0.3) is 0 Å². The van der Waals surface area contributed by atoms with Crippen LogP contribution in [0.1, 0.15) is 25.2 Å². The van der Waals surface area contributed by atoms with Crippen molar-refractivity contribution in [1.82, 2.24) is 0 Å². The van der Waals surface area contributed by atoms with Gasteiger partial charge in [0.1, 0.15) is 5.76 Å². The summed E-state index contributed by atoms with van der Waals surface area (Å²) in [5, 5.41) is 0. The van der Waals surface area contributed by atoms with Gasteiger partial charge in [-0.3, -0.25) is 0 Å². The second-order valence-electron chi connectivity index (χ2n) is 4.05. The standard InChI is InChI=1S/C10H17NO/c1-8-9(4-5-12-8)6-10(2,3)7-11/h4-5H,6-7,11H2,1-3H3. The summed E-state index contributed by atoms with van der Waals surface area (Å²) in [4.78, 5) is 0. The number of aryl methyl sites for hydroxylation is 1. The molecular weight excluding hydrogens is 150 g/mol. The quantitative estimate of drug-likeness (QED) is 0.749. The second-order valence-corrected chi connectivity index (χ2v) is 4.05. The summed E-state index contributed by atoms with van der Waals surface area (Å²) in [5.41, 5.74) is 7.09. The first-order valence-corrected chi connectivity index (χ1v) is 4.28. The molecule has 0 fully saturated rings. The fraction of sp³-hybridized carbons (Fsp3) is 0.600. The maximum atomic E-state index is 5.64. The maximum absolute atomic E-state index is 5.64. The normalized spacial score (nSPS) is 12.0. The topological polar surface area (TPSA) is 39.2 Å².